The molecular formula is C15H17N2O. The van der Waals surface area contributed by atoms with Gasteiger partial charge in [-0.25, -0.2) is 0 Å². The molecule has 0 amide bonds. The molecule has 0 saturated carbocycles. The average Bonchev–Trinajstić information content (AvgIpc) is 2.44. The Bertz CT molecular complexity index is 624. The minimum Gasteiger partial charge on any atom is -0.317 e. The number of para-hydroxylation sites is 1. The number of aromatic nitrogens is 1. The summed E-state index contributed by atoms with van der Waals surface area (Å²) in [5.41, 5.74) is 1.88. The van der Waals surface area contributed by atoms with Gasteiger partial charge in [0.15, 0.2) is 0 Å². The van der Waals surface area contributed by atoms with Crippen LogP contribution in [0, 0.1) is 7.05 Å². The van der Waals surface area contributed by atoms with Crippen molar-refractivity contribution >= 4 is 10.9 Å². The van der Waals surface area contributed by atoms with E-state index in [1.807, 2.05) is 24.3 Å². The Morgan fingerprint density at radius 1 is 1.22 bits per heavy atom. The van der Waals surface area contributed by atoms with Crippen molar-refractivity contribution in [3.63, 3.8) is 0 Å². The van der Waals surface area contributed by atoms with Gasteiger partial charge in [-0.05, 0) is 49.4 Å². The van der Waals surface area contributed by atoms with Crippen LogP contribution >= 0.6 is 0 Å². The van der Waals surface area contributed by atoms with Gasteiger partial charge in [0.05, 0.1) is 5.52 Å². The van der Waals surface area contributed by atoms with Gasteiger partial charge in [-0.1, -0.05) is 18.2 Å². The van der Waals surface area contributed by atoms with Gasteiger partial charge in [-0.3, -0.25) is 4.79 Å². The summed E-state index contributed by atoms with van der Waals surface area (Å²) in [6, 6.07) is 9.97. The molecule has 1 aliphatic rings. The summed E-state index contributed by atoms with van der Waals surface area (Å²) in [5.74, 6) is 0.372. The predicted octanol–water partition coefficient (Wildman–Crippen LogP) is 2.11. The SMILES string of the molecule is [CH2]n1c(=O)c(C2CCNCC2)cc2ccccc21. The quantitative estimate of drug-likeness (QED) is 0.829. The molecule has 1 saturated heterocycles. The maximum Gasteiger partial charge on any atom is 0.254 e. The van der Waals surface area contributed by atoms with Crippen molar-refractivity contribution in [2.75, 3.05) is 13.1 Å². The summed E-state index contributed by atoms with van der Waals surface area (Å²) >= 11 is 0. The highest BCUT2D eigenvalue weighted by atomic mass is 16.1. The van der Waals surface area contributed by atoms with Crippen LogP contribution in [0.15, 0.2) is 35.1 Å². The molecule has 3 nitrogen and oxygen atoms in total. The van der Waals surface area contributed by atoms with Gasteiger partial charge < -0.3 is 9.88 Å². The van der Waals surface area contributed by atoms with Crippen LogP contribution in [0.3, 0.4) is 0 Å². The summed E-state index contributed by atoms with van der Waals surface area (Å²) in [4.78, 5) is 12.4. The smallest absolute Gasteiger partial charge is 0.254 e. The first-order valence-corrected chi connectivity index (χ1v) is 6.43. The Hall–Kier alpha value is -1.61. The van der Waals surface area contributed by atoms with Gasteiger partial charge >= 0.3 is 0 Å². The third-order valence-corrected chi connectivity index (χ3v) is 3.81. The van der Waals surface area contributed by atoms with E-state index in [1.165, 1.54) is 4.57 Å². The fraction of sp³-hybridized carbons (Fsp3) is 0.333. The third-order valence-electron chi connectivity index (χ3n) is 3.81. The lowest BCUT2D eigenvalue weighted by Crippen LogP contribution is -2.31. The molecule has 3 heteroatoms. The summed E-state index contributed by atoms with van der Waals surface area (Å²) in [5, 5.41) is 4.43. The van der Waals surface area contributed by atoms with Crippen molar-refractivity contribution in [3.8, 4) is 0 Å². The zero-order valence-electron chi connectivity index (χ0n) is 10.4. The van der Waals surface area contributed by atoms with Gasteiger partial charge in [0, 0.05) is 12.6 Å². The van der Waals surface area contributed by atoms with Crippen LogP contribution in [0.4, 0.5) is 0 Å². The number of hydrogen-bond donors (Lipinski definition) is 1. The Morgan fingerprint density at radius 2 is 1.94 bits per heavy atom. The summed E-state index contributed by atoms with van der Waals surface area (Å²) in [7, 11) is 3.89. The van der Waals surface area contributed by atoms with Crippen molar-refractivity contribution in [2.24, 2.45) is 0 Å². The lowest BCUT2D eigenvalue weighted by Gasteiger charge is -2.23. The van der Waals surface area contributed by atoms with E-state index in [4.69, 9.17) is 0 Å². The fourth-order valence-electron chi connectivity index (χ4n) is 2.78. The van der Waals surface area contributed by atoms with Gasteiger partial charge in [0.25, 0.3) is 5.56 Å². The van der Waals surface area contributed by atoms with Crippen LogP contribution in [-0.4, -0.2) is 17.7 Å². The Balaban J connectivity index is 2.17. The molecule has 1 N–H and O–H groups in total. The molecule has 2 heterocycles. The minimum atomic E-state index is 0.0561. The highest BCUT2D eigenvalue weighted by Crippen LogP contribution is 2.25. The normalized spacial score (nSPS) is 17.2. The van der Waals surface area contributed by atoms with Crippen molar-refractivity contribution in [2.45, 2.75) is 18.8 Å². The van der Waals surface area contributed by atoms with E-state index in [0.29, 0.717) is 5.92 Å². The molecule has 1 aliphatic heterocycles. The highest BCUT2D eigenvalue weighted by Gasteiger charge is 2.19. The molecule has 1 fully saturated rings. The number of nitrogens with one attached hydrogen (secondary N) is 1. The zero-order chi connectivity index (χ0) is 12.5. The number of nitrogens with zero attached hydrogens (tertiary/aromatic N) is 1. The maximum atomic E-state index is 12.4. The molecule has 0 aliphatic carbocycles. The molecule has 1 aromatic carbocycles. The molecule has 93 valence electrons. The molecule has 1 aromatic heterocycles. The van der Waals surface area contributed by atoms with Crippen LogP contribution in [0.1, 0.15) is 24.3 Å². The first-order chi connectivity index (χ1) is 8.77. The molecule has 3 rings (SSSR count). The standard InChI is InChI=1S/C15H17N2O/c1-17-14-5-3-2-4-12(14)10-13(15(17)18)11-6-8-16-9-7-11/h2-5,10-11,16H,1,6-9H2. The lowest BCUT2D eigenvalue weighted by atomic mass is 9.90. The van der Waals surface area contributed by atoms with E-state index < -0.39 is 0 Å². The fourth-order valence-corrected chi connectivity index (χ4v) is 2.78. The molecule has 18 heavy (non-hydrogen) atoms. The Kier molecular flexibility index (Phi) is 2.92. The van der Waals surface area contributed by atoms with E-state index in [1.54, 1.807) is 0 Å². The second-order valence-corrected chi connectivity index (χ2v) is 4.92. The third kappa shape index (κ3) is 1.85. The number of benzene rings is 1. The summed E-state index contributed by atoms with van der Waals surface area (Å²) < 4.78 is 1.53. The van der Waals surface area contributed by atoms with E-state index in [0.717, 1.165) is 42.4 Å². The predicted molar refractivity (Wildman–Crippen MR) is 73.8 cm³/mol. The monoisotopic (exact) mass is 241 g/mol. The largest absolute Gasteiger partial charge is 0.317 e. The first-order valence-electron chi connectivity index (χ1n) is 6.43. The van der Waals surface area contributed by atoms with Crippen LogP contribution in [0.25, 0.3) is 10.9 Å². The first kappa shape index (κ1) is 11.5. The lowest BCUT2D eigenvalue weighted by molar-refractivity contribution is 0.457. The van der Waals surface area contributed by atoms with E-state index in [2.05, 4.69) is 18.4 Å². The second-order valence-electron chi connectivity index (χ2n) is 4.92. The number of piperidine rings is 1. The average molecular weight is 241 g/mol. The summed E-state index contributed by atoms with van der Waals surface area (Å²) in [6.07, 6.45) is 2.07. The second kappa shape index (κ2) is 4.58. The van der Waals surface area contributed by atoms with Crippen LogP contribution in [-0.2, 0) is 0 Å². The molecule has 0 unspecified atom stereocenters. The Morgan fingerprint density at radius 3 is 2.72 bits per heavy atom. The molecular weight excluding hydrogens is 224 g/mol. The number of fused-ring (bicyclic) bond motifs is 1. The van der Waals surface area contributed by atoms with E-state index in [9.17, 15) is 4.79 Å². The van der Waals surface area contributed by atoms with Crippen LogP contribution < -0.4 is 10.9 Å². The topological polar surface area (TPSA) is 34.0 Å². The van der Waals surface area contributed by atoms with Gasteiger partial charge in [0.2, 0.25) is 0 Å². The zero-order valence-corrected chi connectivity index (χ0v) is 10.4. The van der Waals surface area contributed by atoms with Crippen LogP contribution in [0.5, 0.6) is 0 Å². The molecule has 2 aromatic rings. The van der Waals surface area contributed by atoms with Crippen molar-refractivity contribution in [1.29, 1.82) is 0 Å². The highest BCUT2D eigenvalue weighted by molar-refractivity contribution is 5.79. The molecule has 0 spiro atoms. The van der Waals surface area contributed by atoms with Gasteiger partial charge in [-0.2, -0.15) is 0 Å². The van der Waals surface area contributed by atoms with Crippen LogP contribution in [0.2, 0.25) is 0 Å². The number of hydrogen-bond acceptors (Lipinski definition) is 2. The maximum absolute atomic E-state index is 12.4. The van der Waals surface area contributed by atoms with E-state index >= 15 is 0 Å². The minimum absolute atomic E-state index is 0.0561. The number of rotatable bonds is 1. The number of pyridine rings is 1. The van der Waals surface area contributed by atoms with Crippen molar-refractivity contribution in [1.82, 2.24) is 9.88 Å². The Labute approximate surface area is 106 Å². The van der Waals surface area contributed by atoms with Crippen molar-refractivity contribution < 1.29 is 0 Å². The molecule has 0 atom stereocenters. The van der Waals surface area contributed by atoms with Crippen molar-refractivity contribution in [3.05, 3.63) is 53.3 Å². The van der Waals surface area contributed by atoms with Gasteiger partial charge in [-0.15, -0.1) is 0 Å². The molecule has 0 bridgehead atoms. The van der Waals surface area contributed by atoms with E-state index in [-0.39, 0.29) is 5.56 Å². The molecule has 1 radical (unpaired) electrons. The summed E-state index contributed by atoms with van der Waals surface area (Å²) in [6.45, 7) is 1.99. The van der Waals surface area contributed by atoms with Gasteiger partial charge in [0.1, 0.15) is 0 Å².